The van der Waals surface area contributed by atoms with Crippen molar-refractivity contribution in [1.82, 2.24) is 15.5 Å². The third kappa shape index (κ3) is 1.96. The Bertz CT molecular complexity index is 385. The smallest absolute Gasteiger partial charge is 0.255 e. The topological polar surface area (TPSA) is 57.8 Å². The number of rotatable bonds is 4. The molecule has 1 aromatic heterocycles. The standard InChI is InChI=1S/C12H19N3O/c1-4-12(5-6-12)7-13-11(16)10-8(2)14-15-9(10)3/h4-7H2,1-3H3,(H,13,16)(H,14,15). The highest BCUT2D eigenvalue weighted by atomic mass is 16.1. The number of carbonyl (C=O) groups excluding carboxylic acids is 1. The molecule has 0 spiro atoms. The molecule has 1 aliphatic rings. The van der Waals surface area contributed by atoms with Crippen LogP contribution in [0.2, 0.25) is 0 Å². The van der Waals surface area contributed by atoms with Crippen molar-refractivity contribution in [3.8, 4) is 0 Å². The quantitative estimate of drug-likeness (QED) is 0.816. The summed E-state index contributed by atoms with van der Waals surface area (Å²) in [6, 6.07) is 0. The van der Waals surface area contributed by atoms with E-state index in [-0.39, 0.29) is 5.91 Å². The molecular formula is C12H19N3O. The van der Waals surface area contributed by atoms with E-state index in [1.165, 1.54) is 12.8 Å². The van der Waals surface area contributed by atoms with E-state index in [9.17, 15) is 4.79 Å². The van der Waals surface area contributed by atoms with E-state index in [0.717, 1.165) is 24.4 Å². The lowest BCUT2D eigenvalue weighted by Crippen LogP contribution is -2.30. The number of hydrogen-bond acceptors (Lipinski definition) is 2. The van der Waals surface area contributed by atoms with E-state index in [2.05, 4.69) is 22.4 Å². The van der Waals surface area contributed by atoms with Crippen LogP contribution in [0, 0.1) is 19.3 Å². The molecule has 1 heterocycles. The SMILES string of the molecule is CCC1(CNC(=O)c2c(C)n[nH]c2C)CC1. The van der Waals surface area contributed by atoms with Gasteiger partial charge in [0.1, 0.15) is 0 Å². The first kappa shape index (κ1) is 11.2. The second-order valence-corrected chi connectivity index (χ2v) is 4.85. The predicted octanol–water partition coefficient (Wildman–Crippen LogP) is 1.95. The molecule has 1 amide bonds. The second kappa shape index (κ2) is 3.92. The van der Waals surface area contributed by atoms with Gasteiger partial charge in [0.05, 0.1) is 11.3 Å². The van der Waals surface area contributed by atoms with Gasteiger partial charge in [0.25, 0.3) is 5.91 Å². The average molecular weight is 221 g/mol. The van der Waals surface area contributed by atoms with Gasteiger partial charge in [-0.15, -0.1) is 0 Å². The number of aryl methyl sites for hydroxylation is 2. The Morgan fingerprint density at radius 3 is 2.62 bits per heavy atom. The molecule has 1 saturated carbocycles. The Morgan fingerprint density at radius 2 is 2.19 bits per heavy atom. The Labute approximate surface area is 95.8 Å². The lowest BCUT2D eigenvalue weighted by Gasteiger charge is -2.13. The molecule has 4 heteroatoms. The van der Waals surface area contributed by atoms with Crippen LogP contribution in [0.5, 0.6) is 0 Å². The van der Waals surface area contributed by atoms with Crippen LogP contribution in [0.15, 0.2) is 0 Å². The van der Waals surface area contributed by atoms with Gasteiger partial charge < -0.3 is 5.32 Å². The van der Waals surface area contributed by atoms with E-state index in [0.29, 0.717) is 11.0 Å². The van der Waals surface area contributed by atoms with E-state index in [1.807, 2.05) is 13.8 Å². The largest absolute Gasteiger partial charge is 0.351 e. The van der Waals surface area contributed by atoms with Crippen LogP contribution < -0.4 is 5.32 Å². The number of carbonyl (C=O) groups is 1. The molecule has 16 heavy (non-hydrogen) atoms. The first-order chi connectivity index (χ1) is 7.58. The number of nitrogens with zero attached hydrogens (tertiary/aromatic N) is 1. The van der Waals surface area contributed by atoms with Crippen LogP contribution in [0.25, 0.3) is 0 Å². The van der Waals surface area contributed by atoms with Gasteiger partial charge in [-0.1, -0.05) is 6.92 Å². The number of amides is 1. The summed E-state index contributed by atoms with van der Waals surface area (Å²) in [7, 11) is 0. The Hall–Kier alpha value is -1.32. The maximum absolute atomic E-state index is 12.0. The van der Waals surface area contributed by atoms with Gasteiger partial charge in [-0.25, -0.2) is 0 Å². The molecule has 1 aromatic rings. The predicted molar refractivity (Wildman–Crippen MR) is 62.4 cm³/mol. The summed E-state index contributed by atoms with van der Waals surface area (Å²) < 4.78 is 0. The van der Waals surface area contributed by atoms with Crippen molar-refractivity contribution >= 4 is 5.91 Å². The molecule has 0 radical (unpaired) electrons. The van der Waals surface area contributed by atoms with Crippen molar-refractivity contribution in [1.29, 1.82) is 0 Å². The molecule has 0 unspecified atom stereocenters. The first-order valence-corrected chi connectivity index (χ1v) is 5.88. The van der Waals surface area contributed by atoms with Crippen molar-refractivity contribution in [2.45, 2.75) is 40.0 Å². The van der Waals surface area contributed by atoms with Crippen LogP contribution in [0.4, 0.5) is 0 Å². The van der Waals surface area contributed by atoms with Crippen molar-refractivity contribution in [2.75, 3.05) is 6.54 Å². The summed E-state index contributed by atoms with van der Waals surface area (Å²) in [6.45, 7) is 6.71. The van der Waals surface area contributed by atoms with Crippen molar-refractivity contribution in [2.24, 2.45) is 5.41 Å². The number of aromatic amines is 1. The van der Waals surface area contributed by atoms with E-state index in [4.69, 9.17) is 0 Å². The summed E-state index contributed by atoms with van der Waals surface area (Å²) in [5, 5.41) is 9.89. The van der Waals surface area contributed by atoms with E-state index in [1.54, 1.807) is 0 Å². The lowest BCUT2D eigenvalue weighted by atomic mass is 10.0. The third-order valence-electron chi connectivity index (χ3n) is 3.69. The number of H-pyrrole nitrogens is 1. The maximum Gasteiger partial charge on any atom is 0.255 e. The van der Waals surface area contributed by atoms with Crippen molar-refractivity contribution in [3.63, 3.8) is 0 Å². The monoisotopic (exact) mass is 221 g/mol. The lowest BCUT2D eigenvalue weighted by molar-refractivity contribution is 0.0943. The van der Waals surface area contributed by atoms with Crippen LogP contribution >= 0.6 is 0 Å². The fourth-order valence-corrected chi connectivity index (χ4v) is 2.07. The molecule has 88 valence electrons. The highest BCUT2D eigenvalue weighted by Gasteiger charge is 2.40. The Kier molecular flexibility index (Phi) is 2.74. The molecule has 1 fully saturated rings. The van der Waals surface area contributed by atoms with Crippen LogP contribution in [0.1, 0.15) is 47.9 Å². The highest BCUT2D eigenvalue weighted by Crippen LogP contribution is 2.47. The zero-order valence-corrected chi connectivity index (χ0v) is 10.2. The van der Waals surface area contributed by atoms with Gasteiger partial charge in [0.15, 0.2) is 0 Å². The fourth-order valence-electron chi connectivity index (χ4n) is 2.07. The summed E-state index contributed by atoms with van der Waals surface area (Å²) >= 11 is 0. The van der Waals surface area contributed by atoms with Gasteiger partial charge in [-0.3, -0.25) is 9.89 Å². The van der Waals surface area contributed by atoms with Gasteiger partial charge >= 0.3 is 0 Å². The Morgan fingerprint density at radius 1 is 1.50 bits per heavy atom. The fraction of sp³-hybridized carbons (Fsp3) is 0.667. The first-order valence-electron chi connectivity index (χ1n) is 5.88. The molecule has 0 saturated heterocycles. The summed E-state index contributed by atoms with van der Waals surface area (Å²) in [4.78, 5) is 12.0. The maximum atomic E-state index is 12.0. The molecule has 2 rings (SSSR count). The van der Waals surface area contributed by atoms with E-state index >= 15 is 0 Å². The van der Waals surface area contributed by atoms with Gasteiger partial charge in [-0.05, 0) is 38.5 Å². The summed E-state index contributed by atoms with van der Waals surface area (Å²) in [6.07, 6.45) is 3.64. The molecule has 0 aliphatic heterocycles. The number of hydrogen-bond donors (Lipinski definition) is 2. The molecule has 4 nitrogen and oxygen atoms in total. The van der Waals surface area contributed by atoms with Gasteiger partial charge in [0.2, 0.25) is 0 Å². The summed E-state index contributed by atoms with van der Waals surface area (Å²) in [5.74, 6) is 0.00322. The minimum absolute atomic E-state index is 0.00322. The number of aromatic nitrogens is 2. The average Bonchev–Trinajstić information content (AvgIpc) is 2.97. The molecule has 1 aliphatic carbocycles. The third-order valence-corrected chi connectivity index (χ3v) is 3.69. The normalized spacial score (nSPS) is 17.2. The van der Waals surface area contributed by atoms with Crippen molar-refractivity contribution < 1.29 is 4.79 Å². The van der Waals surface area contributed by atoms with Gasteiger partial charge in [-0.2, -0.15) is 5.10 Å². The molecule has 0 bridgehead atoms. The molecule has 0 atom stereocenters. The van der Waals surface area contributed by atoms with Crippen LogP contribution in [0.3, 0.4) is 0 Å². The minimum atomic E-state index is 0.00322. The molecule has 2 N–H and O–H groups in total. The Balaban J connectivity index is 1.98. The van der Waals surface area contributed by atoms with Crippen molar-refractivity contribution in [3.05, 3.63) is 17.0 Å². The minimum Gasteiger partial charge on any atom is -0.351 e. The zero-order chi connectivity index (χ0) is 11.8. The molecule has 0 aromatic carbocycles. The molecular weight excluding hydrogens is 202 g/mol. The van der Waals surface area contributed by atoms with Gasteiger partial charge in [0, 0.05) is 12.2 Å². The van der Waals surface area contributed by atoms with Crippen LogP contribution in [-0.2, 0) is 0 Å². The summed E-state index contributed by atoms with van der Waals surface area (Å²) in [5.41, 5.74) is 2.71. The zero-order valence-electron chi connectivity index (χ0n) is 10.2. The second-order valence-electron chi connectivity index (χ2n) is 4.85. The highest BCUT2D eigenvalue weighted by molar-refractivity contribution is 5.96. The van der Waals surface area contributed by atoms with Crippen LogP contribution in [-0.4, -0.2) is 22.6 Å². The number of nitrogens with one attached hydrogen (secondary N) is 2. The van der Waals surface area contributed by atoms with E-state index < -0.39 is 0 Å².